The van der Waals surface area contributed by atoms with Crippen LogP contribution in [-0.4, -0.2) is 25.5 Å². The molecular formula is C14H21N3O. The first-order valence-corrected chi connectivity index (χ1v) is 6.44. The minimum atomic E-state index is -0.383. The predicted molar refractivity (Wildman–Crippen MR) is 73.7 cm³/mol. The molecule has 0 bridgehead atoms. The van der Waals surface area contributed by atoms with Crippen molar-refractivity contribution in [1.29, 1.82) is 0 Å². The van der Waals surface area contributed by atoms with Gasteiger partial charge >= 0.3 is 0 Å². The molecule has 0 radical (unpaired) electrons. The fourth-order valence-electron chi connectivity index (χ4n) is 2.27. The molecule has 98 valence electrons. The van der Waals surface area contributed by atoms with Gasteiger partial charge in [-0.2, -0.15) is 0 Å². The highest BCUT2D eigenvalue weighted by atomic mass is 16.1. The molecule has 4 nitrogen and oxygen atoms in total. The third-order valence-corrected chi connectivity index (χ3v) is 3.70. The van der Waals surface area contributed by atoms with Gasteiger partial charge in [0, 0.05) is 17.8 Å². The summed E-state index contributed by atoms with van der Waals surface area (Å²) < 4.78 is 0. The molecule has 18 heavy (non-hydrogen) atoms. The van der Waals surface area contributed by atoms with Crippen LogP contribution in [0.4, 0.5) is 5.69 Å². The Bertz CT molecular complexity index is 408. The second-order valence-corrected chi connectivity index (χ2v) is 5.36. The smallest absolute Gasteiger partial charge is 0.248 e. The van der Waals surface area contributed by atoms with Crippen LogP contribution in [0.3, 0.4) is 0 Å². The van der Waals surface area contributed by atoms with E-state index >= 15 is 0 Å². The number of benzene rings is 1. The summed E-state index contributed by atoms with van der Waals surface area (Å²) in [6, 6.07) is 7.33. The van der Waals surface area contributed by atoms with Crippen molar-refractivity contribution in [2.75, 3.05) is 25.0 Å². The SMILES string of the molecule is CC1(CNc2ccc(C(N)=O)cc2)CCNCC1. The first kappa shape index (κ1) is 12.9. The lowest BCUT2D eigenvalue weighted by Crippen LogP contribution is -2.39. The summed E-state index contributed by atoms with van der Waals surface area (Å²) in [5.74, 6) is -0.383. The van der Waals surface area contributed by atoms with Crippen LogP contribution >= 0.6 is 0 Å². The van der Waals surface area contributed by atoms with Gasteiger partial charge in [0.05, 0.1) is 0 Å². The predicted octanol–water partition coefficient (Wildman–Crippen LogP) is 1.59. The topological polar surface area (TPSA) is 67.1 Å². The van der Waals surface area contributed by atoms with E-state index in [-0.39, 0.29) is 5.91 Å². The number of hydrogen-bond acceptors (Lipinski definition) is 3. The maximum absolute atomic E-state index is 11.0. The Morgan fingerprint density at radius 3 is 2.50 bits per heavy atom. The number of piperidine rings is 1. The molecule has 1 aromatic rings. The lowest BCUT2D eigenvalue weighted by molar-refractivity contribution is 0.100. The van der Waals surface area contributed by atoms with Gasteiger partial charge in [-0.1, -0.05) is 6.92 Å². The molecule has 0 atom stereocenters. The number of carbonyl (C=O) groups is 1. The fourth-order valence-corrected chi connectivity index (χ4v) is 2.27. The van der Waals surface area contributed by atoms with Crippen molar-refractivity contribution in [2.45, 2.75) is 19.8 Å². The highest BCUT2D eigenvalue weighted by Gasteiger charge is 2.26. The van der Waals surface area contributed by atoms with Crippen LogP contribution in [0.2, 0.25) is 0 Å². The van der Waals surface area contributed by atoms with Gasteiger partial charge in [0.15, 0.2) is 0 Å². The Kier molecular flexibility index (Phi) is 3.87. The summed E-state index contributed by atoms with van der Waals surface area (Å²) in [5.41, 5.74) is 7.16. The second-order valence-electron chi connectivity index (χ2n) is 5.36. The van der Waals surface area contributed by atoms with E-state index < -0.39 is 0 Å². The molecular weight excluding hydrogens is 226 g/mol. The van der Waals surface area contributed by atoms with Crippen molar-refractivity contribution < 1.29 is 4.79 Å². The molecule has 1 amide bonds. The van der Waals surface area contributed by atoms with Gasteiger partial charge in [-0.25, -0.2) is 0 Å². The molecule has 1 aliphatic heterocycles. The minimum Gasteiger partial charge on any atom is -0.384 e. The standard InChI is InChI=1S/C14H21N3O/c1-14(6-8-16-9-7-14)10-17-12-4-2-11(3-5-12)13(15)18/h2-5,16-17H,6-10H2,1H3,(H2,15,18). The van der Waals surface area contributed by atoms with Crippen LogP contribution in [0, 0.1) is 5.41 Å². The summed E-state index contributed by atoms with van der Waals surface area (Å²) in [7, 11) is 0. The zero-order chi connectivity index (χ0) is 13.0. The second kappa shape index (κ2) is 5.40. The van der Waals surface area contributed by atoms with Crippen molar-refractivity contribution in [3.63, 3.8) is 0 Å². The maximum Gasteiger partial charge on any atom is 0.248 e. The van der Waals surface area contributed by atoms with E-state index in [1.54, 1.807) is 12.1 Å². The number of anilines is 1. The van der Waals surface area contributed by atoms with E-state index in [0.29, 0.717) is 11.0 Å². The normalized spacial score (nSPS) is 18.3. The summed E-state index contributed by atoms with van der Waals surface area (Å²) in [6.45, 7) is 5.47. The highest BCUT2D eigenvalue weighted by Crippen LogP contribution is 2.28. The number of hydrogen-bond donors (Lipinski definition) is 3. The molecule has 4 N–H and O–H groups in total. The van der Waals surface area contributed by atoms with Gasteiger partial charge in [0.1, 0.15) is 0 Å². The van der Waals surface area contributed by atoms with Gasteiger partial charge < -0.3 is 16.4 Å². The van der Waals surface area contributed by atoms with Crippen molar-refractivity contribution >= 4 is 11.6 Å². The fraction of sp³-hybridized carbons (Fsp3) is 0.500. The third kappa shape index (κ3) is 3.23. The highest BCUT2D eigenvalue weighted by molar-refractivity contribution is 5.93. The molecule has 0 aromatic heterocycles. The summed E-state index contributed by atoms with van der Waals surface area (Å²) >= 11 is 0. The zero-order valence-electron chi connectivity index (χ0n) is 10.8. The molecule has 4 heteroatoms. The average molecular weight is 247 g/mol. The molecule has 1 aliphatic rings. The average Bonchev–Trinajstić information content (AvgIpc) is 2.38. The first-order chi connectivity index (χ1) is 8.59. The first-order valence-electron chi connectivity index (χ1n) is 6.44. The Labute approximate surface area is 108 Å². The van der Waals surface area contributed by atoms with Gasteiger partial charge in [-0.3, -0.25) is 4.79 Å². The van der Waals surface area contributed by atoms with E-state index in [4.69, 9.17) is 5.73 Å². The summed E-state index contributed by atoms with van der Waals surface area (Å²) in [4.78, 5) is 11.0. The van der Waals surface area contributed by atoms with Crippen LogP contribution in [-0.2, 0) is 0 Å². The molecule has 0 unspecified atom stereocenters. The van der Waals surface area contributed by atoms with Crippen molar-refractivity contribution in [2.24, 2.45) is 11.1 Å². The largest absolute Gasteiger partial charge is 0.384 e. The lowest BCUT2D eigenvalue weighted by Gasteiger charge is -2.34. The quantitative estimate of drug-likeness (QED) is 0.757. The molecule has 1 fully saturated rings. The third-order valence-electron chi connectivity index (χ3n) is 3.70. The molecule has 1 aromatic carbocycles. The van der Waals surface area contributed by atoms with E-state index in [1.807, 2.05) is 12.1 Å². The number of carbonyl (C=O) groups excluding carboxylic acids is 1. The number of rotatable bonds is 4. The number of primary amides is 1. The van der Waals surface area contributed by atoms with E-state index in [0.717, 1.165) is 25.3 Å². The number of nitrogens with two attached hydrogens (primary N) is 1. The molecule has 0 aliphatic carbocycles. The molecule has 0 saturated carbocycles. The van der Waals surface area contributed by atoms with Crippen LogP contribution in [0.5, 0.6) is 0 Å². The Hall–Kier alpha value is -1.55. The van der Waals surface area contributed by atoms with E-state index in [1.165, 1.54) is 12.8 Å². The molecule has 2 rings (SSSR count). The van der Waals surface area contributed by atoms with Crippen molar-refractivity contribution in [3.8, 4) is 0 Å². The molecule has 1 heterocycles. The number of amides is 1. The van der Waals surface area contributed by atoms with Gasteiger partial charge in [0.2, 0.25) is 5.91 Å². The molecule has 1 saturated heterocycles. The van der Waals surface area contributed by atoms with Crippen LogP contribution in [0.25, 0.3) is 0 Å². The zero-order valence-corrected chi connectivity index (χ0v) is 10.8. The monoisotopic (exact) mass is 247 g/mol. The maximum atomic E-state index is 11.0. The van der Waals surface area contributed by atoms with Crippen molar-refractivity contribution in [3.05, 3.63) is 29.8 Å². The van der Waals surface area contributed by atoms with E-state index in [2.05, 4.69) is 17.6 Å². The lowest BCUT2D eigenvalue weighted by atomic mass is 9.81. The summed E-state index contributed by atoms with van der Waals surface area (Å²) in [6.07, 6.45) is 2.39. The molecule has 0 spiro atoms. The Balaban J connectivity index is 1.91. The van der Waals surface area contributed by atoms with Gasteiger partial charge in [0.25, 0.3) is 0 Å². The van der Waals surface area contributed by atoms with Crippen LogP contribution in [0.15, 0.2) is 24.3 Å². The Morgan fingerprint density at radius 2 is 1.94 bits per heavy atom. The van der Waals surface area contributed by atoms with E-state index in [9.17, 15) is 4.79 Å². The number of nitrogens with one attached hydrogen (secondary N) is 2. The minimum absolute atomic E-state index is 0.355. The van der Waals surface area contributed by atoms with Gasteiger partial charge in [-0.05, 0) is 55.6 Å². The van der Waals surface area contributed by atoms with Crippen molar-refractivity contribution in [1.82, 2.24) is 5.32 Å². The van der Waals surface area contributed by atoms with Crippen LogP contribution < -0.4 is 16.4 Å². The Morgan fingerprint density at radius 1 is 1.33 bits per heavy atom. The van der Waals surface area contributed by atoms with Crippen LogP contribution in [0.1, 0.15) is 30.1 Å². The van der Waals surface area contributed by atoms with Gasteiger partial charge in [-0.15, -0.1) is 0 Å². The summed E-state index contributed by atoms with van der Waals surface area (Å²) in [5, 5.41) is 6.82.